The summed E-state index contributed by atoms with van der Waals surface area (Å²) in [6.07, 6.45) is 1.92. The van der Waals surface area contributed by atoms with Crippen LogP contribution in [0.5, 0.6) is 0 Å². The van der Waals surface area contributed by atoms with E-state index in [0.717, 1.165) is 0 Å². The van der Waals surface area contributed by atoms with E-state index in [4.69, 9.17) is 0 Å². The highest BCUT2D eigenvalue weighted by molar-refractivity contribution is 7.99. The Morgan fingerprint density at radius 1 is 1.55 bits per heavy atom. The molecule has 0 amide bonds. The van der Waals surface area contributed by atoms with Gasteiger partial charge in [-0.05, 0) is 20.4 Å². The van der Waals surface area contributed by atoms with Crippen molar-refractivity contribution in [3.05, 3.63) is 12.2 Å². The molecule has 0 N–H and O–H groups in total. The summed E-state index contributed by atoms with van der Waals surface area (Å²) in [4.78, 5) is 13.1. The Morgan fingerprint density at radius 3 is 2.45 bits per heavy atom. The maximum absolute atomic E-state index is 11.1. The molecule has 2 nitrogen and oxygen atoms in total. The van der Waals surface area contributed by atoms with Gasteiger partial charge in [-0.1, -0.05) is 6.58 Å². The van der Waals surface area contributed by atoms with Gasteiger partial charge in [-0.3, -0.25) is 4.79 Å². The molecule has 0 rings (SSSR count). The number of ketones is 1. The van der Waals surface area contributed by atoms with E-state index in [1.54, 1.807) is 0 Å². The van der Waals surface area contributed by atoms with E-state index < -0.39 is 0 Å². The number of hydrogen-bond donors (Lipinski definition) is 0. The zero-order valence-electron chi connectivity index (χ0n) is 7.39. The summed E-state index contributed by atoms with van der Waals surface area (Å²) in [6, 6.07) is 0. The molecule has 0 aromatic carbocycles. The van der Waals surface area contributed by atoms with Gasteiger partial charge in [0.25, 0.3) is 0 Å². The average Bonchev–Trinajstić information content (AvgIpc) is 1.86. The van der Waals surface area contributed by atoms with E-state index in [2.05, 4.69) is 6.58 Å². The van der Waals surface area contributed by atoms with Crippen LogP contribution in [0.1, 0.15) is 0 Å². The van der Waals surface area contributed by atoms with Crippen molar-refractivity contribution in [3.8, 4) is 0 Å². The number of likely N-dealkylation sites (N-methyl/N-ethyl adjacent to an activating group) is 1. The molecule has 0 aliphatic rings. The molecule has 3 heteroatoms. The van der Waals surface area contributed by atoms with Crippen molar-refractivity contribution in [3.63, 3.8) is 0 Å². The lowest BCUT2D eigenvalue weighted by atomic mass is 10.2. The third-order valence-corrected chi connectivity index (χ3v) is 1.73. The standard InChI is InChI=1S/C8H15NOS/c1-7(5-9(2)3)8(10)6-11-4/h1,5-6H2,2-4H3. The molecular formula is C8H15NOS. The molecule has 0 unspecified atom stereocenters. The Hall–Kier alpha value is -0.280. The van der Waals surface area contributed by atoms with Crippen LogP contribution in [0.25, 0.3) is 0 Å². The number of thioether (sulfide) groups is 1. The second kappa shape index (κ2) is 5.38. The molecule has 0 radical (unpaired) electrons. The lowest BCUT2D eigenvalue weighted by Crippen LogP contribution is -2.20. The summed E-state index contributed by atoms with van der Waals surface area (Å²) in [5.74, 6) is 0.707. The van der Waals surface area contributed by atoms with Crippen molar-refractivity contribution in [2.45, 2.75) is 0 Å². The Bertz CT molecular complexity index is 154. The number of carbonyl (C=O) groups is 1. The van der Waals surface area contributed by atoms with Gasteiger partial charge in [-0.15, -0.1) is 0 Å². The van der Waals surface area contributed by atoms with E-state index in [1.165, 1.54) is 11.8 Å². The highest BCUT2D eigenvalue weighted by Crippen LogP contribution is 2.00. The first kappa shape index (κ1) is 10.7. The number of carbonyl (C=O) groups excluding carboxylic acids is 1. The van der Waals surface area contributed by atoms with Gasteiger partial charge in [-0.2, -0.15) is 11.8 Å². The first-order valence-electron chi connectivity index (χ1n) is 3.42. The predicted octanol–water partition coefficient (Wildman–Crippen LogP) is 1.04. The van der Waals surface area contributed by atoms with E-state index >= 15 is 0 Å². The smallest absolute Gasteiger partial charge is 0.169 e. The minimum atomic E-state index is 0.159. The normalized spacial score (nSPS) is 10.2. The van der Waals surface area contributed by atoms with Gasteiger partial charge in [0.1, 0.15) is 0 Å². The van der Waals surface area contributed by atoms with Crippen LogP contribution in [0.2, 0.25) is 0 Å². The monoisotopic (exact) mass is 173 g/mol. The zero-order valence-corrected chi connectivity index (χ0v) is 8.20. The summed E-state index contributed by atoms with van der Waals surface area (Å²) >= 11 is 1.54. The SMILES string of the molecule is C=C(CN(C)C)C(=O)CSC. The maximum Gasteiger partial charge on any atom is 0.169 e. The molecule has 64 valence electrons. The maximum atomic E-state index is 11.1. The van der Waals surface area contributed by atoms with Crippen LogP contribution in [-0.4, -0.2) is 43.3 Å². The van der Waals surface area contributed by atoms with Gasteiger partial charge < -0.3 is 4.90 Å². The van der Waals surface area contributed by atoms with Crippen molar-refractivity contribution in [2.75, 3.05) is 32.6 Å². The molecule has 0 fully saturated rings. The molecule has 0 aromatic rings. The van der Waals surface area contributed by atoms with Crippen molar-refractivity contribution >= 4 is 17.5 Å². The molecule has 0 saturated carbocycles. The van der Waals surface area contributed by atoms with Gasteiger partial charge in [0, 0.05) is 12.1 Å². The van der Waals surface area contributed by atoms with E-state index in [1.807, 2.05) is 25.3 Å². The fourth-order valence-electron chi connectivity index (χ4n) is 0.703. The molecule has 11 heavy (non-hydrogen) atoms. The van der Waals surface area contributed by atoms with Crippen LogP contribution in [0, 0.1) is 0 Å². The van der Waals surface area contributed by atoms with Crippen molar-refractivity contribution in [1.82, 2.24) is 4.90 Å². The average molecular weight is 173 g/mol. The lowest BCUT2D eigenvalue weighted by molar-refractivity contribution is -0.113. The van der Waals surface area contributed by atoms with Crippen LogP contribution in [-0.2, 0) is 4.79 Å². The van der Waals surface area contributed by atoms with Gasteiger partial charge in [-0.25, -0.2) is 0 Å². The van der Waals surface area contributed by atoms with Crippen LogP contribution in [0.4, 0.5) is 0 Å². The summed E-state index contributed by atoms with van der Waals surface area (Å²) in [6.45, 7) is 4.37. The molecule has 0 saturated heterocycles. The fourth-order valence-corrected chi connectivity index (χ4v) is 1.17. The quantitative estimate of drug-likeness (QED) is 0.579. The predicted molar refractivity (Wildman–Crippen MR) is 51.1 cm³/mol. The highest BCUT2D eigenvalue weighted by Gasteiger charge is 2.05. The number of nitrogens with zero attached hydrogens (tertiary/aromatic N) is 1. The molecule has 0 spiro atoms. The van der Waals surface area contributed by atoms with Crippen LogP contribution in [0.15, 0.2) is 12.2 Å². The summed E-state index contributed by atoms with van der Waals surface area (Å²) in [5, 5.41) is 0. The third kappa shape index (κ3) is 5.04. The number of Topliss-reactive ketones (excluding diaryl/α,β-unsaturated/α-hetero) is 1. The minimum absolute atomic E-state index is 0.159. The molecule has 0 aliphatic carbocycles. The van der Waals surface area contributed by atoms with Crippen molar-refractivity contribution in [2.24, 2.45) is 0 Å². The van der Waals surface area contributed by atoms with Crippen LogP contribution < -0.4 is 0 Å². The van der Waals surface area contributed by atoms with Crippen molar-refractivity contribution < 1.29 is 4.79 Å². The second-order valence-corrected chi connectivity index (χ2v) is 3.56. The molecule has 0 heterocycles. The molecule has 0 aliphatic heterocycles. The minimum Gasteiger partial charge on any atom is -0.305 e. The third-order valence-electron chi connectivity index (χ3n) is 1.18. The van der Waals surface area contributed by atoms with Crippen LogP contribution >= 0.6 is 11.8 Å². The Morgan fingerprint density at radius 2 is 2.09 bits per heavy atom. The van der Waals surface area contributed by atoms with Crippen molar-refractivity contribution in [1.29, 1.82) is 0 Å². The van der Waals surface area contributed by atoms with E-state index in [0.29, 0.717) is 17.9 Å². The Balaban J connectivity index is 3.74. The fraction of sp³-hybridized carbons (Fsp3) is 0.625. The van der Waals surface area contributed by atoms with E-state index in [-0.39, 0.29) is 5.78 Å². The first-order valence-corrected chi connectivity index (χ1v) is 4.82. The first-order chi connectivity index (χ1) is 5.07. The Labute approximate surface area is 72.6 Å². The summed E-state index contributed by atoms with van der Waals surface area (Å²) in [7, 11) is 3.86. The molecule has 0 aromatic heterocycles. The van der Waals surface area contributed by atoms with Gasteiger partial charge in [0.2, 0.25) is 0 Å². The van der Waals surface area contributed by atoms with Gasteiger partial charge in [0.15, 0.2) is 5.78 Å². The van der Waals surface area contributed by atoms with Gasteiger partial charge in [0.05, 0.1) is 5.75 Å². The molecule has 0 atom stereocenters. The largest absolute Gasteiger partial charge is 0.305 e. The zero-order chi connectivity index (χ0) is 8.85. The molecule has 0 bridgehead atoms. The summed E-state index contributed by atoms with van der Waals surface area (Å²) in [5.41, 5.74) is 0.698. The topological polar surface area (TPSA) is 20.3 Å². The number of rotatable bonds is 5. The number of hydrogen-bond acceptors (Lipinski definition) is 3. The molecular weight excluding hydrogens is 158 g/mol. The van der Waals surface area contributed by atoms with Crippen LogP contribution in [0.3, 0.4) is 0 Å². The Kier molecular flexibility index (Phi) is 5.24. The van der Waals surface area contributed by atoms with E-state index in [9.17, 15) is 4.79 Å². The highest BCUT2D eigenvalue weighted by atomic mass is 32.2. The second-order valence-electron chi connectivity index (χ2n) is 2.70. The summed E-state index contributed by atoms with van der Waals surface area (Å²) < 4.78 is 0. The van der Waals surface area contributed by atoms with Gasteiger partial charge >= 0.3 is 0 Å². The lowest BCUT2D eigenvalue weighted by Gasteiger charge is -2.10.